The molecule has 1 amide bonds. The highest BCUT2D eigenvalue weighted by Crippen LogP contribution is 2.28. The van der Waals surface area contributed by atoms with Gasteiger partial charge in [0.25, 0.3) is 5.91 Å². The number of anilines is 1. The monoisotopic (exact) mass is 468 g/mol. The van der Waals surface area contributed by atoms with E-state index in [1.807, 2.05) is 62.4 Å². The van der Waals surface area contributed by atoms with Crippen LogP contribution in [0.25, 0.3) is 22.6 Å². The second-order valence-corrected chi connectivity index (χ2v) is 7.74. The lowest BCUT2D eigenvalue weighted by Gasteiger charge is -2.06. The van der Waals surface area contributed by atoms with Gasteiger partial charge in [-0.3, -0.25) is 4.79 Å². The molecule has 4 rings (SSSR count). The van der Waals surface area contributed by atoms with Crippen LogP contribution in [0, 0.1) is 17.4 Å². The Hall–Kier alpha value is -2.67. The highest BCUT2D eigenvalue weighted by Gasteiger charge is 2.12. The molecule has 5 heteroatoms. The maximum absolute atomic E-state index is 12.5. The molecule has 4 nitrogen and oxygen atoms in total. The zero-order chi connectivity index (χ0) is 19.0. The number of rotatable bonds is 3. The van der Waals surface area contributed by atoms with E-state index in [9.17, 15) is 4.79 Å². The number of carbonyl (C=O) groups excluding carboxylic acids is 1. The Labute approximate surface area is 170 Å². The summed E-state index contributed by atoms with van der Waals surface area (Å²) in [5.74, 6) is 0.402. The number of halogens is 1. The van der Waals surface area contributed by atoms with Crippen molar-refractivity contribution in [3.63, 3.8) is 0 Å². The van der Waals surface area contributed by atoms with Crippen LogP contribution < -0.4 is 5.32 Å². The van der Waals surface area contributed by atoms with Crippen LogP contribution in [0.4, 0.5) is 5.69 Å². The van der Waals surface area contributed by atoms with Gasteiger partial charge in [0.1, 0.15) is 5.52 Å². The number of nitrogens with zero attached hydrogens (tertiary/aromatic N) is 1. The topological polar surface area (TPSA) is 55.1 Å². The van der Waals surface area contributed by atoms with Crippen molar-refractivity contribution in [1.29, 1.82) is 0 Å². The summed E-state index contributed by atoms with van der Waals surface area (Å²) in [7, 11) is 0. The Balaban J connectivity index is 1.65. The molecule has 0 bridgehead atoms. The summed E-state index contributed by atoms with van der Waals surface area (Å²) in [6.45, 7) is 4.06. The molecule has 0 aliphatic heterocycles. The predicted octanol–water partition coefficient (Wildman–Crippen LogP) is 5.97. The van der Waals surface area contributed by atoms with Gasteiger partial charge in [-0.2, -0.15) is 0 Å². The zero-order valence-electron chi connectivity index (χ0n) is 14.9. The summed E-state index contributed by atoms with van der Waals surface area (Å²) in [6.07, 6.45) is 0. The molecule has 0 atom stereocenters. The molecular formula is C22H17IN2O2. The maximum Gasteiger partial charge on any atom is 0.255 e. The molecule has 0 saturated heterocycles. The predicted molar refractivity (Wildman–Crippen MR) is 116 cm³/mol. The van der Waals surface area contributed by atoms with Gasteiger partial charge in [-0.25, -0.2) is 4.98 Å². The second kappa shape index (κ2) is 7.15. The van der Waals surface area contributed by atoms with Gasteiger partial charge in [0.05, 0.1) is 0 Å². The molecule has 0 saturated carbocycles. The first-order valence-corrected chi connectivity index (χ1v) is 9.62. The van der Waals surface area contributed by atoms with Crippen LogP contribution in [-0.4, -0.2) is 10.9 Å². The number of benzene rings is 3. The van der Waals surface area contributed by atoms with Crippen molar-refractivity contribution in [2.45, 2.75) is 13.8 Å². The number of hydrogen-bond acceptors (Lipinski definition) is 3. The van der Waals surface area contributed by atoms with E-state index in [2.05, 4.69) is 39.0 Å². The Morgan fingerprint density at radius 1 is 1.04 bits per heavy atom. The van der Waals surface area contributed by atoms with Crippen molar-refractivity contribution in [3.05, 3.63) is 80.9 Å². The van der Waals surface area contributed by atoms with Crippen molar-refractivity contribution in [2.24, 2.45) is 0 Å². The van der Waals surface area contributed by atoms with Crippen molar-refractivity contribution < 1.29 is 9.21 Å². The molecule has 27 heavy (non-hydrogen) atoms. The number of hydrogen-bond donors (Lipinski definition) is 1. The minimum absolute atomic E-state index is 0.144. The number of carbonyl (C=O) groups is 1. The molecule has 0 aliphatic carbocycles. The first-order chi connectivity index (χ1) is 13.0. The van der Waals surface area contributed by atoms with Gasteiger partial charge in [0.2, 0.25) is 5.89 Å². The molecule has 0 aliphatic rings. The van der Waals surface area contributed by atoms with E-state index in [1.165, 1.54) is 0 Å². The summed E-state index contributed by atoms with van der Waals surface area (Å²) < 4.78 is 6.99. The van der Waals surface area contributed by atoms with Crippen molar-refractivity contribution >= 4 is 45.3 Å². The quantitative estimate of drug-likeness (QED) is 0.377. The highest BCUT2D eigenvalue weighted by molar-refractivity contribution is 14.1. The summed E-state index contributed by atoms with van der Waals surface area (Å²) in [4.78, 5) is 17.1. The zero-order valence-corrected chi connectivity index (χ0v) is 17.1. The lowest BCUT2D eigenvalue weighted by atomic mass is 10.1. The third-order valence-corrected chi connectivity index (χ3v) is 4.95. The summed E-state index contributed by atoms with van der Waals surface area (Å²) in [5, 5.41) is 2.94. The number of aryl methyl sites for hydroxylation is 2. The summed E-state index contributed by atoms with van der Waals surface area (Å²) in [5.41, 5.74) is 6.00. The smallest absolute Gasteiger partial charge is 0.255 e. The van der Waals surface area contributed by atoms with Crippen molar-refractivity contribution in [2.75, 3.05) is 5.32 Å². The number of fused-ring (bicyclic) bond motifs is 1. The Morgan fingerprint density at radius 2 is 1.85 bits per heavy atom. The average molecular weight is 468 g/mol. The lowest BCUT2D eigenvalue weighted by Crippen LogP contribution is -2.11. The first-order valence-electron chi connectivity index (χ1n) is 8.55. The molecule has 134 valence electrons. The minimum atomic E-state index is -0.144. The van der Waals surface area contributed by atoms with E-state index in [1.54, 1.807) is 6.07 Å². The van der Waals surface area contributed by atoms with Crippen LogP contribution in [-0.2, 0) is 0 Å². The molecule has 4 aromatic rings. The van der Waals surface area contributed by atoms with Gasteiger partial charge in [-0.15, -0.1) is 0 Å². The van der Waals surface area contributed by atoms with Gasteiger partial charge in [0.15, 0.2) is 5.58 Å². The molecule has 0 fully saturated rings. The van der Waals surface area contributed by atoms with E-state index in [4.69, 9.17) is 4.42 Å². The third kappa shape index (κ3) is 3.73. The molecule has 0 spiro atoms. The normalized spacial score (nSPS) is 10.9. The fraction of sp³-hybridized carbons (Fsp3) is 0.0909. The van der Waals surface area contributed by atoms with Crippen LogP contribution in [0.5, 0.6) is 0 Å². The van der Waals surface area contributed by atoms with E-state index in [-0.39, 0.29) is 5.91 Å². The largest absolute Gasteiger partial charge is 0.436 e. The van der Waals surface area contributed by atoms with Crippen LogP contribution >= 0.6 is 22.6 Å². The standard InChI is InChI=1S/C22H17IN2O2/c1-13-9-14(2)20-19(10-13)25-22(27-20)16-6-4-8-18(12-16)24-21(26)15-5-3-7-17(23)11-15/h3-12H,1-2H3,(H,24,26). The Morgan fingerprint density at radius 3 is 2.67 bits per heavy atom. The van der Waals surface area contributed by atoms with Gasteiger partial charge in [0, 0.05) is 20.4 Å². The van der Waals surface area contributed by atoms with Gasteiger partial charge in [-0.05, 0) is 90.0 Å². The number of aromatic nitrogens is 1. The van der Waals surface area contributed by atoms with E-state index in [0.29, 0.717) is 17.1 Å². The van der Waals surface area contributed by atoms with Crippen LogP contribution in [0.1, 0.15) is 21.5 Å². The number of nitrogens with one attached hydrogen (secondary N) is 1. The lowest BCUT2D eigenvalue weighted by molar-refractivity contribution is 0.102. The fourth-order valence-electron chi connectivity index (χ4n) is 3.06. The Bertz CT molecular complexity index is 1160. The van der Waals surface area contributed by atoms with E-state index >= 15 is 0 Å². The molecule has 0 radical (unpaired) electrons. The second-order valence-electron chi connectivity index (χ2n) is 6.49. The van der Waals surface area contributed by atoms with E-state index in [0.717, 1.165) is 31.4 Å². The molecule has 0 unspecified atom stereocenters. The third-order valence-electron chi connectivity index (χ3n) is 4.27. The number of amides is 1. The molecular weight excluding hydrogens is 451 g/mol. The molecule has 3 aromatic carbocycles. The Kier molecular flexibility index (Phi) is 4.70. The van der Waals surface area contributed by atoms with Crippen LogP contribution in [0.15, 0.2) is 65.1 Å². The minimum Gasteiger partial charge on any atom is -0.436 e. The SMILES string of the molecule is Cc1cc(C)c2oc(-c3cccc(NC(=O)c4cccc(I)c4)c3)nc2c1. The van der Waals surface area contributed by atoms with Crippen molar-refractivity contribution in [3.8, 4) is 11.5 Å². The van der Waals surface area contributed by atoms with Gasteiger partial charge >= 0.3 is 0 Å². The highest BCUT2D eigenvalue weighted by atomic mass is 127. The fourth-order valence-corrected chi connectivity index (χ4v) is 3.61. The van der Waals surface area contributed by atoms with Crippen LogP contribution in [0.3, 0.4) is 0 Å². The first kappa shape index (κ1) is 17.7. The van der Waals surface area contributed by atoms with Crippen LogP contribution in [0.2, 0.25) is 0 Å². The molecule has 1 heterocycles. The summed E-state index contributed by atoms with van der Waals surface area (Å²) in [6, 6.07) is 19.1. The maximum atomic E-state index is 12.5. The van der Waals surface area contributed by atoms with Crippen molar-refractivity contribution in [1.82, 2.24) is 4.98 Å². The summed E-state index contributed by atoms with van der Waals surface area (Å²) >= 11 is 2.19. The molecule has 1 aromatic heterocycles. The van der Waals surface area contributed by atoms with E-state index < -0.39 is 0 Å². The molecule has 1 N–H and O–H groups in total. The van der Waals surface area contributed by atoms with Gasteiger partial charge in [-0.1, -0.05) is 18.2 Å². The number of oxazole rings is 1. The average Bonchev–Trinajstić information content (AvgIpc) is 3.06. The van der Waals surface area contributed by atoms with Gasteiger partial charge < -0.3 is 9.73 Å².